The molecule has 2 aromatic rings. The molecule has 0 bridgehead atoms. The Labute approximate surface area is 161 Å². The summed E-state index contributed by atoms with van der Waals surface area (Å²) in [6, 6.07) is 10.8. The lowest BCUT2D eigenvalue weighted by molar-refractivity contribution is 0.194. The lowest BCUT2D eigenvalue weighted by Crippen LogP contribution is -2.52. The predicted molar refractivity (Wildman–Crippen MR) is 108 cm³/mol. The number of nitrogens with one attached hydrogen (secondary N) is 1. The molecule has 2 amide bonds. The molecule has 27 heavy (non-hydrogen) atoms. The van der Waals surface area contributed by atoms with Crippen molar-refractivity contribution in [1.29, 1.82) is 0 Å². The Kier molecular flexibility index (Phi) is 5.99. The normalized spacial score (nSPS) is 14.4. The maximum atomic E-state index is 12.9. The molecule has 2 aromatic carbocycles. The number of halogens is 1. The van der Waals surface area contributed by atoms with Gasteiger partial charge in [-0.25, -0.2) is 9.18 Å². The van der Waals surface area contributed by atoms with Crippen molar-refractivity contribution in [3.05, 3.63) is 64.5 Å². The first-order valence-electron chi connectivity index (χ1n) is 9.54. The summed E-state index contributed by atoms with van der Waals surface area (Å²) in [6.45, 7) is 10.1. The van der Waals surface area contributed by atoms with Gasteiger partial charge in [-0.3, -0.25) is 0 Å². The van der Waals surface area contributed by atoms with Crippen LogP contribution in [-0.2, 0) is 6.42 Å². The summed E-state index contributed by atoms with van der Waals surface area (Å²) < 4.78 is 12.9. The van der Waals surface area contributed by atoms with Crippen LogP contribution in [0.15, 0.2) is 36.4 Å². The molecule has 1 heterocycles. The highest BCUT2D eigenvalue weighted by Crippen LogP contribution is 2.27. The van der Waals surface area contributed by atoms with E-state index in [2.05, 4.69) is 43.1 Å². The largest absolute Gasteiger partial charge is 0.368 e. The molecule has 0 radical (unpaired) electrons. The molecule has 0 aliphatic carbocycles. The van der Waals surface area contributed by atoms with Crippen LogP contribution < -0.4 is 10.2 Å². The van der Waals surface area contributed by atoms with Crippen LogP contribution in [0.1, 0.15) is 22.3 Å². The van der Waals surface area contributed by atoms with Crippen molar-refractivity contribution in [3.63, 3.8) is 0 Å². The van der Waals surface area contributed by atoms with Crippen LogP contribution in [-0.4, -0.2) is 43.7 Å². The van der Waals surface area contributed by atoms with Gasteiger partial charge in [0.25, 0.3) is 0 Å². The molecule has 0 unspecified atom stereocenters. The molecule has 3 rings (SSSR count). The van der Waals surface area contributed by atoms with Gasteiger partial charge in [0.15, 0.2) is 0 Å². The Balaban J connectivity index is 1.48. The van der Waals surface area contributed by atoms with Crippen LogP contribution >= 0.6 is 0 Å². The third-order valence-corrected chi connectivity index (χ3v) is 5.12. The average Bonchev–Trinajstić information content (AvgIpc) is 2.63. The van der Waals surface area contributed by atoms with Gasteiger partial charge in [0.1, 0.15) is 5.82 Å². The summed E-state index contributed by atoms with van der Waals surface area (Å²) >= 11 is 0. The van der Waals surface area contributed by atoms with E-state index in [1.165, 1.54) is 34.5 Å². The maximum absolute atomic E-state index is 12.9. The standard InChI is InChI=1S/C22H28FN3O/c1-16-14-17(2)21(18(3)15-16)25-10-12-26(13-11-25)22(27)24-9-8-19-4-6-20(23)7-5-19/h4-7,14-15H,8-13H2,1-3H3,(H,24,27). The van der Waals surface area contributed by atoms with Crippen LogP contribution in [0.4, 0.5) is 14.9 Å². The number of carbonyl (C=O) groups is 1. The number of urea groups is 1. The van der Waals surface area contributed by atoms with Crippen LogP contribution in [0.5, 0.6) is 0 Å². The zero-order valence-electron chi connectivity index (χ0n) is 16.4. The van der Waals surface area contributed by atoms with Gasteiger partial charge in [0, 0.05) is 38.4 Å². The van der Waals surface area contributed by atoms with E-state index in [-0.39, 0.29) is 11.8 Å². The quantitative estimate of drug-likeness (QED) is 0.889. The molecule has 0 aromatic heterocycles. The van der Waals surface area contributed by atoms with Gasteiger partial charge in [-0.05, 0) is 56.0 Å². The SMILES string of the molecule is Cc1cc(C)c(N2CCN(C(=O)NCCc3ccc(F)cc3)CC2)c(C)c1. The van der Waals surface area contributed by atoms with Gasteiger partial charge < -0.3 is 15.1 Å². The highest BCUT2D eigenvalue weighted by Gasteiger charge is 2.22. The number of rotatable bonds is 4. The molecule has 1 saturated heterocycles. The summed E-state index contributed by atoms with van der Waals surface area (Å²) in [5.74, 6) is -0.236. The molecule has 144 valence electrons. The van der Waals surface area contributed by atoms with Gasteiger partial charge in [-0.15, -0.1) is 0 Å². The van der Waals surface area contributed by atoms with E-state index in [1.807, 2.05) is 4.90 Å². The van der Waals surface area contributed by atoms with Gasteiger partial charge >= 0.3 is 6.03 Å². The van der Waals surface area contributed by atoms with E-state index in [9.17, 15) is 9.18 Å². The minimum Gasteiger partial charge on any atom is -0.368 e. The molecule has 0 spiro atoms. The Bertz CT molecular complexity index is 773. The minimum atomic E-state index is -0.236. The van der Waals surface area contributed by atoms with E-state index in [1.54, 1.807) is 12.1 Å². The number of anilines is 1. The van der Waals surface area contributed by atoms with Crippen LogP contribution in [0.2, 0.25) is 0 Å². The van der Waals surface area contributed by atoms with Gasteiger partial charge in [-0.1, -0.05) is 29.8 Å². The monoisotopic (exact) mass is 369 g/mol. The lowest BCUT2D eigenvalue weighted by Gasteiger charge is -2.37. The van der Waals surface area contributed by atoms with Crippen molar-refractivity contribution in [2.24, 2.45) is 0 Å². The third kappa shape index (κ3) is 4.79. The van der Waals surface area contributed by atoms with Crippen molar-refractivity contribution in [3.8, 4) is 0 Å². The number of benzene rings is 2. The topological polar surface area (TPSA) is 35.6 Å². The zero-order chi connectivity index (χ0) is 19.4. The molecule has 1 aliphatic heterocycles. The van der Waals surface area contributed by atoms with E-state index >= 15 is 0 Å². The molecule has 0 atom stereocenters. The van der Waals surface area contributed by atoms with Gasteiger partial charge in [0.2, 0.25) is 0 Å². The van der Waals surface area contributed by atoms with Gasteiger partial charge in [-0.2, -0.15) is 0 Å². The summed E-state index contributed by atoms with van der Waals surface area (Å²) in [5.41, 5.74) is 6.20. The summed E-state index contributed by atoms with van der Waals surface area (Å²) in [7, 11) is 0. The molecular weight excluding hydrogens is 341 g/mol. The van der Waals surface area contributed by atoms with E-state index in [0.717, 1.165) is 31.7 Å². The number of piperazine rings is 1. The van der Waals surface area contributed by atoms with Crippen molar-refractivity contribution >= 4 is 11.7 Å². The molecule has 4 nitrogen and oxygen atoms in total. The van der Waals surface area contributed by atoms with E-state index in [0.29, 0.717) is 13.0 Å². The molecule has 0 saturated carbocycles. The number of amides is 2. The van der Waals surface area contributed by atoms with Crippen LogP contribution in [0.3, 0.4) is 0 Å². The maximum Gasteiger partial charge on any atom is 0.317 e. The Morgan fingerprint density at radius 2 is 1.59 bits per heavy atom. The average molecular weight is 369 g/mol. The van der Waals surface area contributed by atoms with Crippen LogP contribution in [0, 0.1) is 26.6 Å². The lowest BCUT2D eigenvalue weighted by atomic mass is 10.0. The minimum absolute atomic E-state index is 0.0193. The van der Waals surface area contributed by atoms with Crippen LogP contribution in [0.25, 0.3) is 0 Å². The summed E-state index contributed by atoms with van der Waals surface area (Å²) in [6.07, 6.45) is 0.702. The second-order valence-electron chi connectivity index (χ2n) is 7.33. The molecular formula is C22H28FN3O. The number of hydrogen-bond donors (Lipinski definition) is 1. The first-order valence-corrected chi connectivity index (χ1v) is 9.54. The fourth-order valence-electron chi connectivity index (χ4n) is 3.88. The number of aryl methyl sites for hydroxylation is 3. The number of nitrogens with zero attached hydrogens (tertiary/aromatic N) is 2. The second-order valence-corrected chi connectivity index (χ2v) is 7.33. The van der Waals surface area contributed by atoms with Crippen molar-refractivity contribution in [1.82, 2.24) is 10.2 Å². The first-order chi connectivity index (χ1) is 12.9. The summed E-state index contributed by atoms with van der Waals surface area (Å²) in [5, 5.41) is 2.98. The fraction of sp³-hybridized carbons (Fsp3) is 0.409. The molecule has 1 N–H and O–H groups in total. The number of hydrogen-bond acceptors (Lipinski definition) is 2. The van der Waals surface area contributed by atoms with Crippen molar-refractivity contribution in [2.75, 3.05) is 37.6 Å². The highest BCUT2D eigenvalue weighted by molar-refractivity contribution is 5.74. The second kappa shape index (κ2) is 8.42. The van der Waals surface area contributed by atoms with Crippen molar-refractivity contribution < 1.29 is 9.18 Å². The number of carbonyl (C=O) groups excluding carboxylic acids is 1. The predicted octanol–water partition coefficient (Wildman–Crippen LogP) is 3.83. The molecule has 1 aliphatic rings. The van der Waals surface area contributed by atoms with Crippen molar-refractivity contribution in [2.45, 2.75) is 27.2 Å². The Morgan fingerprint density at radius 3 is 2.19 bits per heavy atom. The molecule has 5 heteroatoms. The highest BCUT2D eigenvalue weighted by atomic mass is 19.1. The smallest absolute Gasteiger partial charge is 0.317 e. The zero-order valence-corrected chi connectivity index (χ0v) is 16.4. The first kappa shape index (κ1) is 19.2. The van der Waals surface area contributed by atoms with E-state index < -0.39 is 0 Å². The van der Waals surface area contributed by atoms with E-state index in [4.69, 9.17) is 0 Å². The molecule has 1 fully saturated rings. The Hall–Kier alpha value is -2.56. The van der Waals surface area contributed by atoms with Gasteiger partial charge in [0.05, 0.1) is 0 Å². The Morgan fingerprint density at radius 1 is 1.00 bits per heavy atom. The summed E-state index contributed by atoms with van der Waals surface area (Å²) in [4.78, 5) is 16.7. The third-order valence-electron chi connectivity index (χ3n) is 5.12. The fourth-order valence-corrected chi connectivity index (χ4v) is 3.88.